The highest BCUT2D eigenvalue weighted by Gasteiger charge is 2.21. The predicted molar refractivity (Wildman–Crippen MR) is 81.2 cm³/mol. The predicted octanol–water partition coefficient (Wildman–Crippen LogP) is -0.172. The largest absolute Gasteiger partial charge is 0.450 e. The van der Waals surface area contributed by atoms with E-state index < -0.39 is 0 Å². The van der Waals surface area contributed by atoms with Crippen LogP contribution in [0.4, 0.5) is 4.79 Å². The summed E-state index contributed by atoms with van der Waals surface area (Å²) in [6.07, 6.45) is 0.269. The highest BCUT2D eigenvalue weighted by Crippen LogP contribution is 2.04. The zero-order chi connectivity index (χ0) is 15.7. The molecule has 1 saturated heterocycles. The lowest BCUT2D eigenvalue weighted by atomic mass is 10.3. The summed E-state index contributed by atoms with van der Waals surface area (Å²) in [6.45, 7) is 7.42. The minimum Gasteiger partial charge on any atom is -0.450 e. The fraction of sp³-hybridized carbons (Fsp3) is 0.857. The van der Waals surface area contributed by atoms with Crippen LogP contribution in [0.5, 0.6) is 0 Å². The molecule has 0 aromatic carbocycles. The number of amides is 2. The Hall–Kier alpha value is -1.34. The molecule has 7 nitrogen and oxygen atoms in total. The van der Waals surface area contributed by atoms with Gasteiger partial charge in [0.15, 0.2) is 0 Å². The summed E-state index contributed by atoms with van der Waals surface area (Å²) in [5.74, 6) is 0.0877. The Bertz CT molecular complexity index is 328. The summed E-state index contributed by atoms with van der Waals surface area (Å²) in [7, 11) is 3.96. The average molecular weight is 300 g/mol. The summed E-state index contributed by atoms with van der Waals surface area (Å²) in [5.41, 5.74) is 0. The highest BCUT2D eigenvalue weighted by molar-refractivity contribution is 5.76. The second kappa shape index (κ2) is 9.57. The third kappa shape index (κ3) is 7.29. The maximum absolute atomic E-state index is 11.7. The molecule has 1 aliphatic rings. The van der Waals surface area contributed by atoms with E-state index >= 15 is 0 Å². The molecule has 0 radical (unpaired) electrons. The van der Waals surface area contributed by atoms with Crippen LogP contribution in [0, 0.1) is 0 Å². The van der Waals surface area contributed by atoms with Crippen LogP contribution >= 0.6 is 0 Å². The van der Waals surface area contributed by atoms with Gasteiger partial charge in [0, 0.05) is 52.2 Å². The fourth-order valence-corrected chi connectivity index (χ4v) is 2.14. The van der Waals surface area contributed by atoms with Crippen LogP contribution in [0.1, 0.15) is 13.3 Å². The Balaban J connectivity index is 2.12. The van der Waals surface area contributed by atoms with E-state index in [0.29, 0.717) is 32.7 Å². The molecule has 21 heavy (non-hydrogen) atoms. The Morgan fingerprint density at radius 1 is 1.19 bits per heavy atom. The van der Waals surface area contributed by atoms with Crippen LogP contribution in [0.25, 0.3) is 0 Å². The van der Waals surface area contributed by atoms with Gasteiger partial charge in [-0.3, -0.25) is 9.69 Å². The first kappa shape index (κ1) is 17.7. The van der Waals surface area contributed by atoms with Gasteiger partial charge in [0.1, 0.15) is 0 Å². The lowest BCUT2D eigenvalue weighted by Gasteiger charge is -2.33. The van der Waals surface area contributed by atoms with E-state index in [-0.39, 0.29) is 12.0 Å². The zero-order valence-corrected chi connectivity index (χ0v) is 13.4. The summed E-state index contributed by atoms with van der Waals surface area (Å²) in [5, 5.41) is 2.91. The van der Waals surface area contributed by atoms with Crippen molar-refractivity contribution < 1.29 is 14.3 Å². The van der Waals surface area contributed by atoms with E-state index in [1.807, 2.05) is 25.9 Å². The number of hydrogen-bond donors (Lipinski definition) is 1. The van der Waals surface area contributed by atoms with Gasteiger partial charge in [-0.1, -0.05) is 0 Å². The molecule has 7 heteroatoms. The molecule has 0 aromatic heterocycles. The number of rotatable bonds is 7. The summed E-state index contributed by atoms with van der Waals surface area (Å²) in [6, 6.07) is 0. The first-order valence-corrected chi connectivity index (χ1v) is 7.58. The second-order valence-corrected chi connectivity index (χ2v) is 5.43. The molecule has 1 fully saturated rings. The standard InChI is InChI=1S/C14H28N4O3/c1-4-21-14(20)18-11-9-17(10-12-18)7-5-13(19)15-6-8-16(2)3/h4-12H2,1-3H3,(H,15,19). The molecule has 0 aromatic rings. The average Bonchev–Trinajstić information content (AvgIpc) is 2.45. The minimum atomic E-state index is -0.237. The zero-order valence-electron chi connectivity index (χ0n) is 13.4. The molecular formula is C14H28N4O3. The van der Waals surface area contributed by atoms with Gasteiger partial charge in [-0.15, -0.1) is 0 Å². The van der Waals surface area contributed by atoms with Crippen LogP contribution in [-0.4, -0.2) is 93.2 Å². The summed E-state index contributed by atoms with van der Waals surface area (Å²) >= 11 is 0. The van der Waals surface area contributed by atoms with Gasteiger partial charge < -0.3 is 19.9 Å². The summed E-state index contributed by atoms with van der Waals surface area (Å²) in [4.78, 5) is 29.2. The molecule has 1 heterocycles. The minimum absolute atomic E-state index is 0.0877. The van der Waals surface area contributed by atoms with Crippen molar-refractivity contribution in [1.82, 2.24) is 20.0 Å². The molecule has 1 aliphatic heterocycles. The molecule has 0 unspecified atom stereocenters. The molecule has 122 valence electrons. The monoisotopic (exact) mass is 300 g/mol. The first-order chi connectivity index (χ1) is 10.0. The van der Waals surface area contributed by atoms with Crippen LogP contribution in [0.3, 0.4) is 0 Å². The number of hydrogen-bond acceptors (Lipinski definition) is 5. The van der Waals surface area contributed by atoms with Crippen molar-refractivity contribution >= 4 is 12.0 Å². The number of likely N-dealkylation sites (N-methyl/N-ethyl adjacent to an activating group) is 1. The van der Waals surface area contributed by atoms with E-state index in [4.69, 9.17) is 4.74 Å². The Morgan fingerprint density at radius 2 is 1.86 bits per heavy atom. The van der Waals surface area contributed by atoms with E-state index in [0.717, 1.165) is 26.2 Å². The number of carbonyl (C=O) groups is 2. The molecule has 0 atom stereocenters. The van der Waals surface area contributed by atoms with Crippen molar-refractivity contribution in [3.63, 3.8) is 0 Å². The smallest absolute Gasteiger partial charge is 0.409 e. The topological polar surface area (TPSA) is 65.1 Å². The SMILES string of the molecule is CCOC(=O)N1CCN(CCC(=O)NCCN(C)C)CC1. The molecule has 1 N–H and O–H groups in total. The van der Waals surface area contributed by atoms with E-state index in [9.17, 15) is 9.59 Å². The van der Waals surface area contributed by atoms with Crippen LogP contribution in [0.2, 0.25) is 0 Å². The van der Waals surface area contributed by atoms with Crippen molar-refractivity contribution in [2.24, 2.45) is 0 Å². The van der Waals surface area contributed by atoms with Gasteiger partial charge in [0.25, 0.3) is 0 Å². The van der Waals surface area contributed by atoms with E-state index in [1.54, 1.807) is 4.90 Å². The van der Waals surface area contributed by atoms with Gasteiger partial charge in [-0.25, -0.2) is 4.79 Å². The third-order valence-electron chi connectivity index (χ3n) is 3.43. The molecule has 2 amide bonds. The Kier molecular flexibility index (Phi) is 8.07. The van der Waals surface area contributed by atoms with E-state index in [2.05, 4.69) is 10.2 Å². The molecule has 0 aliphatic carbocycles. The van der Waals surface area contributed by atoms with Crippen molar-refractivity contribution in [3.8, 4) is 0 Å². The number of carbonyl (C=O) groups excluding carboxylic acids is 2. The Morgan fingerprint density at radius 3 is 2.43 bits per heavy atom. The number of nitrogens with zero attached hydrogens (tertiary/aromatic N) is 3. The lowest BCUT2D eigenvalue weighted by Crippen LogP contribution is -2.49. The van der Waals surface area contributed by atoms with Gasteiger partial charge in [-0.05, 0) is 21.0 Å². The summed E-state index contributed by atoms with van der Waals surface area (Å²) < 4.78 is 4.98. The quantitative estimate of drug-likeness (QED) is 0.707. The number of nitrogens with one attached hydrogen (secondary N) is 1. The van der Waals surface area contributed by atoms with Gasteiger partial charge in [0.2, 0.25) is 5.91 Å². The third-order valence-corrected chi connectivity index (χ3v) is 3.43. The van der Waals surface area contributed by atoms with Crippen molar-refractivity contribution in [1.29, 1.82) is 0 Å². The van der Waals surface area contributed by atoms with Crippen molar-refractivity contribution in [2.45, 2.75) is 13.3 Å². The van der Waals surface area contributed by atoms with Gasteiger partial charge in [0.05, 0.1) is 6.61 Å². The molecular weight excluding hydrogens is 272 g/mol. The maximum Gasteiger partial charge on any atom is 0.409 e. The van der Waals surface area contributed by atoms with Gasteiger partial charge >= 0.3 is 6.09 Å². The fourth-order valence-electron chi connectivity index (χ4n) is 2.14. The van der Waals surface area contributed by atoms with Crippen molar-refractivity contribution in [3.05, 3.63) is 0 Å². The molecule has 0 bridgehead atoms. The molecule has 0 saturated carbocycles. The van der Waals surface area contributed by atoms with Crippen molar-refractivity contribution in [2.75, 3.05) is 66.5 Å². The number of ether oxygens (including phenoxy) is 1. The Labute approximate surface area is 127 Å². The lowest BCUT2D eigenvalue weighted by molar-refractivity contribution is -0.121. The number of piperazine rings is 1. The highest BCUT2D eigenvalue weighted by atomic mass is 16.6. The molecule has 0 spiro atoms. The van der Waals surface area contributed by atoms with Crippen LogP contribution < -0.4 is 5.32 Å². The second-order valence-electron chi connectivity index (χ2n) is 5.43. The van der Waals surface area contributed by atoms with E-state index in [1.165, 1.54) is 0 Å². The van der Waals surface area contributed by atoms with Crippen LogP contribution in [-0.2, 0) is 9.53 Å². The maximum atomic E-state index is 11.7. The molecule has 1 rings (SSSR count). The van der Waals surface area contributed by atoms with Crippen LogP contribution in [0.15, 0.2) is 0 Å². The first-order valence-electron chi connectivity index (χ1n) is 7.58. The normalized spacial score (nSPS) is 16.1. The van der Waals surface area contributed by atoms with Gasteiger partial charge in [-0.2, -0.15) is 0 Å².